The molecule has 0 heterocycles. The molecule has 25 heavy (non-hydrogen) atoms. The molecule has 134 valence electrons. The Morgan fingerprint density at radius 1 is 1.16 bits per heavy atom. The van der Waals surface area contributed by atoms with Crippen LogP contribution in [0.25, 0.3) is 0 Å². The number of amides is 1. The minimum atomic E-state index is -3.42. The number of hydrogen-bond donors (Lipinski definition) is 1. The lowest BCUT2D eigenvalue weighted by Gasteiger charge is -2.13. The molecular weight excluding hydrogens is 362 g/mol. The highest BCUT2D eigenvalue weighted by molar-refractivity contribution is 7.92. The maximum absolute atomic E-state index is 12.1. The van der Waals surface area contributed by atoms with Crippen molar-refractivity contribution in [2.45, 2.75) is 20.3 Å². The maximum Gasteiger partial charge on any atom is 0.239 e. The van der Waals surface area contributed by atoms with Crippen LogP contribution in [0.5, 0.6) is 11.5 Å². The third-order valence-corrected chi connectivity index (χ3v) is 5.30. The van der Waals surface area contributed by atoms with Crippen molar-refractivity contribution in [2.24, 2.45) is 0 Å². The van der Waals surface area contributed by atoms with Gasteiger partial charge < -0.3 is 10.1 Å². The van der Waals surface area contributed by atoms with Crippen LogP contribution in [0.15, 0.2) is 42.5 Å². The molecule has 0 aliphatic heterocycles. The fraction of sp³-hybridized carbons (Fsp3) is 0.278. The zero-order valence-electron chi connectivity index (χ0n) is 14.1. The first-order valence-corrected chi connectivity index (χ1v) is 10.0. The lowest BCUT2D eigenvalue weighted by atomic mass is 10.2. The molecule has 0 spiro atoms. The first kappa shape index (κ1) is 19.3. The van der Waals surface area contributed by atoms with E-state index >= 15 is 0 Å². The standard InChI is InChI=1S/C18H20ClNO4S/c1-3-10-25(22,23)12-18(21)20-16-11-14(19)6-9-17(16)24-15-7-4-13(2)5-8-15/h4-9,11H,3,10,12H2,1-2H3,(H,20,21). The number of anilines is 1. The van der Waals surface area contributed by atoms with Crippen molar-refractivity contribution in [2.75, 3.05) is 16.8 Å². The van der Waals surface area contributed by atoms with Crippen LogP contribution in [-0.4, -0.2) is 25.8 Å². The molecule has 2 aromatic carbocycles. The van der Waals surface area contributed by atoms with Gasteiger partial charge in [0, 0.05) is 5.02 Å². The number of nitrogens with one attached hydrogen (secondary N) is 1. The molecule has 1 amide bonds. The summed E-state index contributed by atoms with van der Waals surface area (Å²) in [5.41, 5.74) is 1.42. The largest absolute Gasteiger partial charge is 0.455 e. The average Bonchev–Trinajstić information content (AvgIpc) is 2.51. The predicted molar refractivity (Wildman–Crippen MR) is 100 cm³/mol. The summed E-state index contributed by atoms with van der Waals surface area (Å²) in [5, 5.41) is 2.98. The molecule has 0 aromatic heterocycles. The van der Waals surface area contributed by atoms with E-state index in [1.165, 1.54) is 6.07 Å². The lowest BCUT2D eigenvalue weighted by molar-refractivity contribution is -0.113. The molecule has 5 nitrogen and oxygen atoms in total. The number of halogens is 1. The van der Waals surface area contributed by atoms with Gasteiger partial charge in [0.1, 0.15) is 11.5 Å². The van der Waals surface area contributed by atoms with E-state index < -0.39 is 21.5 Å². The second-order valence-corrected chi connectivity index (χ2v) is 8.32. The summed E-state index contributed by atoms with van der Waals surface area (Å²) in [4.78, 5) is 12.1. The Labute approximate surface area is 152 Å². The SMILES string of the molecule is CCCS(=O)(=O)CC(=O)Nc1cc(Cl)ccc1Oc1ccc(C)cc1. The number of carbonyl (C=O) groups excluding carboxylic acids is 1. The molecule has 0 bridgehead atoms. The molecule has 0 saturated heterocycles. The Balaban J connectivity index is 2.18. The number of sulfone groups is 1. The molecule has 7 heteroatoms. The molecule has 0 unspecified atom stereocenters. The van der Waals surface area contributed by atoms with Gasteiger partial charge in [-0.1, -0.05) is 36.2 Å². The summed E-state index contributed by atoms with van der Waals surface area (Å²) in [5.74, 6) is -0.235. The number of benzene rings is 2. The molecule has 1 N–H and O–H groups in total. The van der Waals surface area contributed by atoms with Crippen molar-refractivity contribution in [1.82, 2.24) is 0 Å². The molecule has 2 rings (SSSR count). The number of aryl methyl sites for hydroxylation is 1. The third-order valence-electron chi connectivity index (χ3n) is 3.33. The van der Waals surface area contributed by atoms with Gasteiger partial charge in [-0.3, -0.25) is 4.79 Å². The van der Waals surface area contributed by atoms with E-state index in [-0.39, 0.29) is 5.75 Å². The molecule has 0 fully saturated rings. The number of ether oxygens (including phenoxy) is 1. The molecule has 0 aliphatic rings. The Morgan fingerprint density at radius 2 is 1.84 bits per heavy atom. The van der Waals surface area contributed by atoms with Crippen LogP contribution in [0.2, 0.25) is 5.02 Å². The predicted octanol–water partition coefficient (Wildman–Crippen LogP) is 4.20. The van der Waals surface area contributed by atoms with Crippen LogP contribution >= 0.6 is 11.6 Å². The van der Waals surface area contributed by atoms with Crippen molar-refractivity contribution in [3.05, 3.63) is 53.1 Å². The summed E-state index contributed by atoms with van der Waals surface area (Å²) in [6, 6.07) is 12.2. The van der Waals surface area contributed by atoms with Crippen molar-refractivity contribution >= 4 is 33.0 Å². The third kappa shape index (κ3) is 6.07. The fourth-order valence-corrected chi connectivity index (χ4v) is 3.60. The van der Waals surface area contributed by atoms with Crippen molar-refractivity contribution in [1.29, 1.82) is 0 Å². The van der Waals surface area contributed by atoms with E-state index in [1.54, 1.807) is 31.2 Å². The Kier molecular flexibility index (Phi) is 6.45. The van der Waals surface area contributed by atoms with Gasteiger partial charge in [0.25, 0.3) is 0 Å². The summed E-state index contributed by atoms with van der Waals surface area (Å²) in [7, 11) is -3.42. The zero-order valence-corrected chi connectivity index (χ0v) is 15.7. The van der Waals surface area contributed by atoms with Gasteiger partial charge in [0.05, 0.1) is 11.4 Å². The number of carbonyl (C=O) groups is 1. The Bertz CT molecular complexity index is 848. The van der Waals surface area contributed by atoms with Crippen LogP contribution in [0.3, 0.4) is 0 Å². The fourth-order valence-electron chi connectivity index (χ4n) is 2.19. The van der Waals surface area contributed by atoms with Gasteiger partial charge in [-0.15, -0.1) is 0 Å². The van der Waals surface area contributed by atoms with E-state index in [0.29, 0.717) is 28.6 Å². The minimum absolute atomic E-state index is 0.0251. The van der Waals surface area contributed by atoms with Crippen LogP contribution in [0, 0.1) is 6.92 Å². The first-order chi connectivity index (χ1) is 11.8. The van der Waals surface area contributed by atoms with E-state index in [1.807, 2.05) is 19.1 Å². The molecule has 0 aliphatic carbocycles. The smallest absolute Gasteiger partial charge is 0.239 e. The number of hydrogen-bond acceptors (Lipinski definition) is 4. The van der Waals surface area contributed by atoms with Gasteiger partial charge >= 0.3 is 0 Å². The molecule has 0 atom stereocenters. The quantitative estimate of drug-likeness (QED) is 0.779. The minimum Gasteiger partial charge on any atom is -0.455 e. The van der Waals surface area contributed by atoms with Gasteiger partial charge in [-0.05, 0) is 43.7 Å². The monoisotopic (exact) mass is 381 g/mol. The summed E-state index contributed by atoms with van der Waals surface area (Å²) >= 11 is 5.98. The molecule has 2 aromatic rings. The lowest BCUT2D eigenvalue weighted by Crippen LogP contribution is -2.24. The van der Waals surface area contributed by atoms with E-state index in [9.17, 15) is 13.2 Å². The Hall–Kier alpha value is -2.05. The normalized spacial score (nSPS) is 11.2. The van der Waals surface area contributed by atoms with E-state index in [0.717, 1.165) is 5.56 Å². The molecule has 0 radical (unpaired) electrons. The molecule has 0 saturated carbocycles. The zero-order chi connectivity index (χ0) is 18.4. The molecular formula is C18H20ClNO4S. The summed E-state index contributed by atoms with van der Waals surface area (Å²) in [6.07, 6.45) is 0.467. The van der Waals surface area contributed by atoms with Crippen LogP contribution in [-0.2, 0) is 14.6 Å². The van der Waals surface area contributed by atoms with Crippen LogP contribution < -0.4 is 10.1 Å². The Morgan fingerprint density at radius 3 is 2.48 bits per heavy atom. The highest BCUT2D eigenvalue weighted by Crippen LogP contribution is 2.32. The summed E-state index contributed by atoms with van der Waals surface area (Å²) in [6.45, 7) is 3.72. The van der Waals surface area contributed by atoms with Gasteiger partial charge in [-0.2, -0.15) is 0 Å². The second-order valence-electron chi connectivity index (χ2n) is 5.70. The highest BCUT2D eigenvalue weighted by atomic mass is 35.5. The van der Waals surface area contributed by atoms with E-state index in [4.69, 9.17) is 16.3 Å². The highest BCUT2D eigenvalue weighted by Gasteiger charge is 2.17. The second kappa shape index (κ2) is 8.36. The van der Waals surface area contributed by atoms with Crippen LogP contribution in [0.1, 0.15) is 18.9 Å². The van der Waals surface area contributed by atoms with Gasteiger partial charge in [0.2, 0.25) is 5.91 Å². The average molecular weight is 382 g/mol. The van der Waals surface area contributed by atoms with Crippen molar-refractivity contribution in [3.63, 3.8) is 0 Å². The number of rotatable bonds is 7. The summed E-state index contributed by atoms with van der Waals surface area (Å²) < 4.78 is 29.4. The van der Waals surface area contributed by atoms with Crippen molar-refractivity contribution in [3.8, 4) is 11.5 Å². The topological polar surface area (TPSA) is 72.5 Å². The first-order valence-electron chi connectivity index (χ1n) is 7.83. The van der Waals surface area contributed by atoms with Gasteiger partial charge in [0.15, 0.2) is 15.6 Å². The maximum atomic E-state index is 12.1. The van der Waals surface area contributed by atoms with E-state index in [2.05, 4.69) is 5.32 Å². The van der Waals surface area contributed by atoms with Crippen LogP contribution in [0.4, 0.5) is 5.69 Å². The van der Waals surface area contributed by atoms with Gasteiger partial charge in [-0.25, -0.2) is 8.42 Å². The van der Waals surface area contributed by atoms with Crippen molar-refractivity contribution < 1.29 is 17.9 Å².